The van der Waals surface area contributed by atoms with Gasteiger partial charge in [-0.05, 0) is 41.9 Å². The van der Waals surface area contributed by atoms with E-state index in [1.54, 1.807) is 0 Å². The van der Waals surface area contributed by atoms with Gasteiger partial charge in [-0.2, -0.15) is 0 Å². The zero-order valence-electron chi connectivity index (χ0n) is 11.4. The summed E-state index contributed by atoms with van der Waals surface area (Å²) < 4.78 is 0. The van der Waals surface area contributed by atoms with E-state index in [9.17, 15) is 0 Å². The lowest BCUT2D eigenvalue weighted by atomic mass is 9.88. The maximum absolute atomic E-state index is 2.30. The first kappa shape index (κ1) is 12.9. The fourth-order valence-electron chi connectivity index (χ4n) is 2.64. The third-order valence-corrected chi connectivity index (χ3v) is 3.72. The van der Waals surface area contributed by atoms with Crippen LogP contribution in [0.1, 0.15) is 49.3 Å². The third-order valence-electron chi connectivity index (χ3n) is 3.72. The molecular formula is C18H22. The maximum atomic E-state index is 2.30. The highest BCUT2D eigenvalue weighted by Crippen LogP contribution is 2.27. The highest BCUT2D eigenvalue weighted by Gasteiger charge is 2.11. The summed E-state index contributed by atoms with van der Waals surface area (Å²) in [5.74, 6) is 0.699. The summed E-state index contributed by atoms with van der Waals surface area (Å²) in [6.07, 6.45) is 3.50. The molecule has 0 saturated carbocycles. The van der Waals surface area contributed by atoms with Crippen LogP contribution in [-0.4, -0.2) is 0 Å². The van der Waals surface area contributed by atoms with Crippen LogP contribution in [0.3, 0.4) is 0 Å². The molecule has 0 unspecified atom stereocenters. The summed E-state index contributed by atoms with van der Waals surface area (Å²) in [4.78, 5) is 0. The van der Waals surface area contributed by atoms with E-state index in [0.717, 1.165) is 6.42 Å². The Morgan fingerprint density at radius 1 is 0.778 bits per heavy atom. The molecule has 0 aliphatic carbocycles. The van der Waals surface area contributed by atoms with Crippen molar-refractivity contribution < 1.29 is 0 Å². The number of hydrogen-bond acceptors (Lipinski definition) is 0. The van der Waals surface area contributed by atoms with Crippen LogP contribution in [0.4, 0.5) is 0 Å². The van der Waals surface area contributed by atoms with Crippen LogP contribution >= 0.6 is 0 Å². The molecular weight excluding hydrogens is 216 g/mol. The van der Waals surface area contributed by atoms with E-state index in [-0.39, 0.29) is 0 Å². The van der Waals surface area contributed by atoms with E-state index in [1.807, 2.05) is 0 Å². The lowest BCUT2D eigenvalue weighted by molar-refractivity contribution is 0.636. The normalized spacial score (nSPS) is 10.8. The van der Waals surface area contributed by atoms with Gasteiger partial charge in [-0.25, -0.2) is 0 Å². The predicted octanol–water partition coefficient (Wildman–Crippen LogP) is 5.18. The molecule has 0 fully saturated rings. The maximum Gasteiger partial charge on any atom is -0.00229 e. The van der Waals surface area contributed by atoms with Crippen molar-refractivity contribution in [2.24, 2.45) is 0 Å². The van der Waals surface area contributed by atoms with Crippen molar-refractivity contribution in [1.29, 1.82) is 0 Å². The van der Waals surface area contributed by atoms with Crippen molar-refractivity contribution in [1.82, 2.24) is 0 Å². The molecule has 94 valence electrons. The Hall–Kier alpha value is -1.56. The standard InChI is InChI=1S/C18H22/c1-3-16(4-2)18-13-9-8-12-17(18)14-15-10-6-5-7-11-15/h5-13,16H,3-4,14H2,1-2H3. The molecule has 0 aliphatic heterocycles. The molecule has 2 aromatic carbocycles. The fraction of sp³-hybridized carbons (Fsp3) is 0.333. The van der Waals surface area contributed by atoms with Crippen LogP contribution in [-0.2, 0) is 6.42 Å². The Bertz CT molecular complexity index is 466. The topological polar surface area (TPSA) is 0 Å². The second-order valence-electron chi connectivity index (χ2n) is 4.87. The van der Waals surface area contributed by atoms with Crippen LogP contribution in [0.5, 0.6) is 0 Å². The van der Waals surface area contributed by atoms with Crippen LogP contribution < -0.4 is 0 Å². The lowest BCUT2D eigenvalue weighted by Gasteiger charge is -2.17. The predicted molar refractivity (Wildman–Crippen MR) is 79.0 cm³/mol. The van der Waals surface area contributed by atoms with Crippen molar-refractivity contribution >= 4 is 0 Å². The summed E-state index contributed by atoms with van der Waals surface area (Å²) in [5, 5.41) is 0. The lowest BCUT2D eigenvalue weighted by Crippen LogP contribution is -2.01. The molecule has 0 saturated heterocycles. The summed E-state index contributed by atoms with van der Waals surface area (Å²) in [6.45, 7) is 4.57. The van der Waals surface area contributed by atoms with Crippen molar-refractivity contribution in [2.75, 3.05) is 0 Å². The van der Waals surface area contributed by atoms with E-state index < -0.39 is 0 Å². The minimum absolute atomic E-state index is 0.699. The van der Waals surface area contributed by atoms with Crippen molar-refractivity contribution in [3.05, 3.63) is 71.3 Å². The first-order valence-electron chi connectivity index (χ1n) is 6.96. The van der Waals surface area contributed by atoms with E-state index in [2.05, 4.69) is 68.4 Å². The second kappa shape index (κ2) is 6.39. The van der Waals surface area contributed by atoms with E-state index in [0.29, 0.717) is 5.92 Å². The molecule has 18 heavy (non-hydrogen) atoms. The van der Waals surface area contributed by atoms with Crippen molar-refractivity contribution in [3.63, 3.8) is 0 Å². The second-order valence-corrected chi connectivity index (χ2v) is 4.87. The van der Waals surface area contributed by atoms with Crippen LogP contribution in [0.15, 0.2) is 54.6 Å². The minimum atomic E-state index is 0.699. The summed E-state index contributed by atoms with van der Waals surface area (Å²) in [6, 6.07) is 19.6. The zero-order chi connectivity index (χ0) is 12.8. The monoisotopic (exact) mass is 238 g/mol. The fourth-order valence-corrected chi connectivity index (χ4v) is 2.64. The average Bonchev–Trinajstić information content (AvgIpc) is 2.43. The van der Waals surface area contributed by atoms with Crippen molar-refractivity contribution in [2.45, 2.75) is 39.0 Å². The zero-order valence-corrected chi connectivity index (χ0v) is 11.4. The molecule has 0 aromatic heterocycles. The Balaban J connectivity index is 2.28. The Kier molecular flexibility index (Phi) is 4.58. The molecule has 0 amide bonds. The molecule has 0 nitrogen and oxygen atoms in total. The van der Waals surface area contributed by atoms with Gasteiger partial charge in [-0.15, -0.1) is 0 Å². The van der Waals surface area contributed by atoms with Gasteiger partial charge in [0.15, 0.2) is 0 Å². The number of rotatable bonds is 5. The van der Waals surface area contributed by atoms with Crippen LogP contribution in [0, 0.1) is 0 Å². The highest BCUT2D eigenvalue weighted by molar-refractivity contribution is 5.35. The molecule has 0 bridgehead atoms. The van der Waals surface area contributed by atoms with Gasteiger partial charge in [0.25, 0.3) is 0 Å². The number of hydrogen-bond donors (Lipinski definition) is 0. The Labute approximate surface area is 111 Å². The molecule has 2 rings (SSSR count). The van der Waals surface area contributed by atoms with Gasteiger partial charge in [0.05, 0.1) is 0 Å². The molecule has 2 aromatic rings. The van der Waals surface area contributed by atoms with Crippen LogP contribution in [0.2, 0.25) is 0 Å². The van der Waals surface area contributed by atoms with Crippen molar-refractivity contribution in [3.8, 4) is 0 Å². The van der Waals surface area contributed by atoms with Gasteiger partial charge in [-0.1, -0.05) is 68.4 Å². The summed E-state index contributed by atoms with van der Waals surface area (Å²) in [5.41, 5.74) is 4.42. The largest absolute Gasteiger partial charge is 0.0648 e. The van der Waals surface area contributed by atoms with Gasteiger partial charge in [-0.3, -0.25) is 0 Å². The van der Waals surface area contributed by atoms with Crippen LogP contribution in [0.25, 0.3) is 0 Å². The minimum Gasteiger partial charge on any atom is -0.0648 e. The van der Waals surface area contributed by atoms with E-state index >= 15 is 0 Å². The molecule has 0 aliphatic rings. The molecule has 0 heteroatoms. The van der Waals surface area contributed by atoms with E-state index in [1.165, 1.54) is 29.5 Å². The SMILES string of the molecule is CCC(CC)c1ccccc1Cc1ccccc1. The Morgan fingerprint density at radius 3 is 2.06 bits per heavy atom. The molecule has 0 heterocycles. The first-order chi connectivity index (χ1) is 8.85. The Morgan fingerprint density at radius 2 is 1.39 bits per heavy atom. The first-order valence-corrected chi connectivity index (χ1v) is 6.96. The third kappa shape index (κ3) is 3.01. The molecule has 0 N–H and O–H groups in total. The smallest absolute Gasteiger partial charge is 0.00229 e. The quantitative estimate of drug-likeness (QED) is 0.673. The molecule has 0 spiro atoms. The van der Waals surface area contributed by atoms with E-state index in [4.69, 9.17) is 0 Å². The summed E-state index contributed by atoms with van der Waals surface area (Å²) in [7, 11) is 0. The average molecular weight is 238 g/mol. The molecule has 0 radical (unpaired) electrons. The van der Waals surface area contributed by atoms with Gasteiger partial charge < -0.3 is 0 Å². The van der Waals surface area contributed by atoms with Gasteiger partial charge in [0, 0.05) is 0 Å². The van der Waals surface area contributed by atoms with Gasteiger partial charge >= 0.3 is 0 Å². The van der Waals surface area contributed by atoms with Gasteiger partial charge in [0.2, 0.25) is 0 Å². The summed E-state index contributed by atoms with van der Waals surface area (Å²) >= 11 is 0. The number of benzene rings is 2. The highest BCUT2D eigenvalue weighted by atomic mass is 14.2. The molecule has 0 atom stereocenters. The van der Waals surface area contributed by atoms with Gasteiger partial charge in [0.1, 0.15) is 0 Å².